The minimum atomic E-state index is 0.350. The molecule has 0 aliphatic carbocycles. The van der Waals surface area contributed by atoms with E-state index in [9.17, 15) is 0 Å². The maximum Gasteiger partial charge on any atom is 0.124 e. The average molecular weight is 285 g/mol. The molecular weight excluding hydrogens is 258 g/mol. The Hall–Kier alpha value is -1.35. The molecule has 1 fully saturated rings. The fourth-order valence-electron chi connectivity index (χ4n) is 3.83. The Morgan fingerprint density at radius 3 is 2.43 bits per heavy atom. The van der Waals surface area contributed by atoms with Crippen LogP contribution in [0.1, 0.15) is 63.0 Å². The first kappa shape index (κ1) is 14.6. The summed E-state index contributed by atoms with van der Waals surface area (Å²) in [6.07, 6.45) is 3.95. The summed E-state index contributed by atoms with van der Waals surface area (Å²) in [7, 11) is 0. The summed E-state index contributed by atoms with van der Waals surface area (Å²) in [5.41, 5.74) is 4.90. The van der Waals surface area contributed by atoms with Crippen molar-refractivity contribution in [3.05, 3.63) is 29.1 Å². The number of rotatable bonds is 2. The van der Waals surface area contributed by atoms with Gasteiger partial charge in [0.25, 0.3) is 0 Å². The number of benzene rings is 1. The molecule has 1 aliphatic heterocycles. The average Bonchev–Trinajstić information content (AvgIpc) is 2.82. The lowest BCUT2D eigenvalue weighted by Gasteiger charge is -2.42. The van der Waals surface area contributed by atoms with E-state index in [1.54, 1.807) is 0 Å². The summed E-state index contributed by atoms with van der Waals surface area (Å²) in [4.78, 5) is 11.0. The summed E-state index contributed by atoms with van der Waals surface area (Å²) >= 11 is 0. The van der Waals surface area contributed by atoms with Crippen LogP contribution in [0.25, 0.3) is 11.0 Å². The van der Waals surface area contributed by atoms with Gasteiger partial charge in [0.15, 0.2) is 0 Å². The van der Waals surface area contributed by atoms with Crippen molar-refractivity contribution in [3.8, 4) is 0 Å². The van der Waals surface area contributed by atoms with Gasteiger partial charge in [0.05, 0.1) is 17.1 Å². The zero-order valence-electron chi connectivity index (χ0n) is 13.9. The largest absolute Gasteiger partial charge is 0.341 e. The number of fused-ring (bicyclic) bond motifs is 1. The summed E-state index contributed by atoms with van der Waals surface area (Å²) in [5, 5.41) is 0. The molecular formula is C18H27N3. The molecule has 3 unspecified atom stereocenters. The molecule has 114 valence electrons. The predicted molar refractivity (Wildman–Crippen MR) is 88.6 cm³/mol. The first-order valence-corrected chi connectivity index (χ1v) is 8.21. The Balaban J connectivity index is 1.95. The molecule has 1 aliphatic rings. The van der Waals surface area contributed by atoms with Crippen molar-refractivity contribution in [2.24, 2.45) is 0 Å². The van der Waals surface area contributed by atoms with Crippen LogP contribution in [0.3, 0.4) is 0 Å². The molecule has 3 nitrogen and oxygen atoms in total. The molecule has 0 spiro atoms. The zero-order chi connectivity index (χ0) is 15.1. The van der Waals surface area contributed by atoms with Gasteiger partial charge in [-0.25, -0.2) is 4.98 Å². The molecule has 1 saturated heterocycles. The lowest BCUT2D eigenvalue weighted by atomic mass is 9.95. The number of H-pyrrole nitrogens is 1. The van der Waals surface area contributed by atoms with Crippen molar-refractivity contribution < 1.29 is 0 Å². The van der Waals surface area contributed by atoms with Gasteiger partial charge >= 0.3 is 0 Å². The van der Waals surface area contributed by atoms with Crippen LogP contribution in [0, 0.1) is 13.8 Å². The van der Waals surface area contributed by atoms with Crippen LogP contribution < -0.4 is 0 Å². The van der Waals surface area contributed by atoms with Gasteiger partial charge < -0.3 is 4.98 Å². The van der Waals surface area contributed by atoms with Crippen molar-refractivity contribution in [1.82, 2.24) is 14.9 Å². The van der Waals surface area contributed by atoms with E-state index in [1.807, 2.05) is 0 Å². The van der Waals surface area contributed by atoms with Crippen LogP contribution in [0.15, 0.2) is 12.1 Å². The third kappa shape index (κ3) is 2.59. The van der Waals surface area contributed by atoms with E-state index < -0.39 is 0 Å². The van der Waals surface area contributed by atoms with E-state index >= 15 is 0 Å². The van der Waals surface area contributed by atoms with Crippen LogP contribution in [-0.2, 0) is 0 Å². The molecule has 1 N–H and O–H groups in total. The van der Waals surface area contributed by atoms with E-state index in [0.717, 1.165) is 16.9 Å². The second-order valence-electron chi connectivity index (χ2n) is 6.83. The number of likely N-dealkylation sites (tertiary alicyclic amines) is 1. The number of imidazole rings is 1. The summed E-state index contributed by atoms with van der Waals surface area (Å²) in [6, 6.07) is 6.04. The smallest absolute Gasteiger partial charge is 0.124 e. The van der Waals surface area contributed by atoms with E-state index in [4.69, 9.17) is 4.98 Å². The fraction of sp³-hybridized carbons (Fsp3) is 0.611. The second-order valence-corrected chi connectivity index (χ2v) is 6.83. The quantitative estimate of drug-likeness (QED) is 0.880. The number of hydrogen-bond donors (Lipinski definition) is 1. The number of aromatic amines is 1. The van der Waals surface area contributed by atoms with Gasteiger partial charge in [-0.2, -0.15) is 0 Å². The van der Waals surface area contributed by atoms with Crippen molar-refractivity contribution in [3.63, 3.8) is 0 Å². The van der Waals surface area contributed by atoms with Gasteiger partial charge in [-0.3, -0.25) is 4.90 Å². The van der Waals surface area contributed by atoms with Crippen LogP contribution in [-0.4, -0.2) is 27.0 Å². The normalized spacial score (nSPS) is 25.4. The predicted octanol–water partition coefficient (Wildman–Crippen LogP) is 4.50. The summed E-state index contributed by atoms with van der Waals surface area (Å²) in [6.45, 7) is 11.3. The lowest BCUT2D eigenvalue weighted by molar-refractivity contribution is 0.0590. The van der Waals surface area contributed by atoms with Crippen molar-refractivity contribution >= 4 is 11.0 Å². The number of nitrogens with zero attached hydrogens (tertiary/aromatic N) is 2. The van der Waals surface area contributed by atoms with E-state index in [1.165, 1.54) is 30.4 Å². The van der Waals surface area contributed by atoms with Gasteiger partial charge in [0.1, 0.15) is 5.82 Å². The van der Waals surface area contributed by atoms with Crippen molar-refractivity contribution in [1.29, 1.82) is 0 Å². The molecule has 2 heterocycles. The Morgan fingerprint density at radius 2 is 1.76 bits per heavy atom. The number of piperidine rings is 1. The lowest BCUT2D eigenvalue weighted by Crippen LogP contribution is -2.45. The van der Waals surface area contributed by atoms with Crippen molar-refractivity contribution in [2.75, 3.05) is 0 Å². The summed E-state index contributed by atoms with van der Waals surface area (Å²) in [5.74, 6) is 1.11. The second kappa shape index (κ2) is 5.45. The third-order valence-corrected chi connectivity index (χ3v) is 5.22. The third-order valence-electron chi connectivity index (χ3n) is 5.22. The molecule has 3 atom stereocenters. The molecule has 0 saturated carbocycles. The molecule has 1 aromatic carbocycles. The van der Waals surface area contributed by atoms with Gasteiger partial charge in [-0.1, -0.05) is 6.42 Å². The van der Waals surface area contributed by atoms with Crippen LogP contribution in [0.4, 0.5) is 0 Å². The highest BCUT2D eigenvalue weighted by molar-refractivity contribution is 5.77. The SMILES string of the molecule is Cc1cc2nc(C(C)N3C(C)CCCC3C)[nH]c2cc1C. The zero-order valence-corrected chi connectivity index (χ0v) is 13.9. The molecule has 2 aromatic rings. The van der Waals surface area contributed by atoms with E-state index in [2.05, 4.69) is 56.6 Å². The topological polar surface area (TPSA) is 31.9 Å². The van der Waals surface area contributed by atoms with Gasteiger partial charge in [-0.15, -0.1) is 0 Å². The standard InChI is InChI=1S/C18H27N3/c1-11-9-16-17(10-12(11)2)20-18(19-16)15(5)21-13(3)7-6-8-14(21)4/h9-10,13-15H,6-8H2,1-5H3,(H,19,20). The molecule has 1 aromatic heterocycles. The maximum atomic E-state index is 4.86. The molecule has 3 heteroatoms. The van der Waals surface area contributed by atoms with Crippen molar-refractivity contribution in [2.45, 2.75) is 72.0 Å². The van der Waals surface area contributed by atoms with Gasteiger partial charge in [0, 0.05) is 12.1 Å². The Morgan fingerprint density at radius 1 is 1.14 bits per heavy atom. The number of nitrogens with one attached hydrogen (secondary N) is 1. The fourth-order valence-corrected chi connectivity index (χ4v) is 3.83. The van der Waals surface area contributed by atoms with E-state index in [0.29, 0.717) is 18.1 Å². The number of aromatic nitrogens is 2. The number of aryl methyl sites for hydroxylation is 2. The first-order valence-electron chi connectivity index (χ1n) is 8.21. The Kier molecular flexibility index (Phi) is 3.78. The maximum absolute atomic E-state index is 4.86. The van der Waals surface area contributed by atoms with Gasteiger partial charge in [0.2, 0.25) is 0 Å². The molecule has 0 bridgehead atoms. The molecule has 0 amide bonds. The highest BCUT2D eigenvalue weighted by atomic mass is 15.2. The molecule has 3 rings (SSSR count). The number of hydrogen-bond acceptors (Lipinski definition) is 2. The minimum Gasteiger partial charge on any atom is -0.341 e. The van der Waals surface area contributed by atoms with Crippen LogP contribution >= 0.6 is 0 Å². The summed E-state index contributed by atoms with van der Waals surface area (Å²) < 4.78 is 0. The molecule has 0 radical (unpaired) electrons. The van der Waals surface area contributed by atoms with Crippen LogP contribution in [0.2, 0.25) is 0 Å². The molecule has 21 heavy (non-hydrogen) atoms. The van der Waals surface area contributed by atoms with E-state index in [-0.39, 0.29) is 0 Å². The highest BCUT2D eigenvalue weighted by Gasteiger charge is 2.30. The monoisotopic (exact) mass is 285 g/mol. The Bertz CT molecular complexity index is 594. The first-order chi connectivity index (χ1) is 9.97. The van der Waals surface area contributed by atoms with Gasteiger partial charge in [-0.05, 0) is 70.7 Å². The minimum absolute atomic E-state index is 0.350. The highest BCUT2D eigenvalue weighted by Crippen LogP contribution is 2.32. The van der Waals surface area contributed by atoms with Crippen LogP contribution in [0.5, 0.6) is 0 Å². The Labute approximate surface area is 127 Å².